The number of halogens is 1. The molecule has 0 amide bonds. The first-order valence-electron chi connectivity index (χ1n) is 8.21. The Kier molecular flexibility index (Phi) is 4.75. The van der Waals surface area contributed by atoms with Gasteiger partial charge in [0, 0.05) is 18.1 Å². The van der Waals surface area contributed by atoms with Crippen LogP contribution in [0, 0.1) is 5.82 Å². The summed E-state index contributed by atoms with van der Waals surface area (Å²) >= 11 is 1.56. The van der Waals surface area contributed by atoms with Crippen LogP contribution in [0.15, 0.2) is 82.0 Å². The van der Waals surface area contributed by atoms with Gasteiger partial charge in [-0.3, -0.25) is 4.98 Å². The van der Waals surface area contributed by atoms with Crippen LogP contribution in [0.4, 0.5) is 10.1 Å². The molecule has 4 aromatic rings. The van der Waals surface area contributed by atoms with Gasteiger partial charge < -0.3 is 8.98 Å². The molecule has 3 aromatic heterocycles. The van der Waals surface area contributed by atoms with E-state index < -0.39 is 0 Å². The SMILES string of the molecule is Fc1ccc(CCn2c(-c3ccco3)csc2=Nc2cccnc2)cc1. The zero-order chi connectivity index (χ0) is 17.8. The van der Waals surface area contributed by atoms with Crippen molar-refractivity contribution in [3.8, 4) is 11.5 Å². The molecule has 0 spiro atoms. The molecule has 0 radical (unpaired) electrons. The molecule has 0 saturated carbocycles. The molecule has 0 aliphatic carbocycles. The average molecular weight is 365 g/mol. The third-order valence-electron chi connectivity index (χ3n) is 3.98. The second kappa shape index (κ2) is 7.49. The van der Waals surface area contributed by atoms with Crippen LogP contribution in [-0.4, -0.2) is 9.55 Å². The summed E-state index contributed by atoms with van der Waals surface area (Å²) in [6.07, 6.45) is 5.89. The molecule has 3 heterocycles. The lowest BCUT2D eigenvalue weighted by molar-refractivity contribution is 0.568. The van der Waals surface area contributed by atoms with E-state index in [1.54, 1.807) is 30.0 Å². The van der Waals surface area contributed by atoms with Crippen LogP contribution >= 0.6 is 11.3 Å². The second-order valence-corrected chi connectivity index (χ2v) is 6.57. The Balaban J connectivity index is 1.71. The molecule has 0 aliphatic heterocycles. The highest BCUT2D eigenvalue weighted by Crippen LogP contribution is 2.21. The highest BCUT2D eigenvalue weighted by molar-refractivity contribution is 7.07. The Hall–Kier alpha value is -2.99. The summed E-state index contributed by atoms with van der Waals surface area (Å²) in [6.45, 7) is 0.713. The Labute approximate surface area is 153 Å². The van der Waals surface area contributed by atoms with Gasteiger partial charge in [0.15, 0.2) is 10.6 Å². The van der Waals surface area contributed by atoms with Gasteiger partial charge in [-0.15, -0.1) is 11.3 Å². The van der Waals surface area contributed by atoms with Gasteiger partial charge in [-0.2, -0.15) is 0 Å². The average Bonchev–Trinajstić information content (AvgIpc) is 3.32. The summed E-state index contributed by atoms with van der Waals surface area (Å²) < 4.78 is 20.8. The number of aromatic nitrogens is 2. The van der Waals surface area contributed by atoms with Gasteiger partial charge in [-0.25, -0.2) is 9.38 Å². The second-order valence-electron chi connectivity index (χ2n) is 5.73. The van der Waals surface area contributed by atoms with E-state index >= 15 is 0 Å². The van der Waals surface area contributed by atoms with Crippen molar-refractivity contribution in [2.75, 3.05) is 0 Å². The van der Waals surface area contributed by atoms with E-state index in [2.05, 4.69) is 9.55 Å². The number of rotatable bonds is 5. The van der Waals surface area contributed by atoms with Crippen LogP contribution in [0.1, 0.15) is 5.56 Å². The fraction of sp³-hybridized carbons (Fsp3) is 0.100. The zero-order valence-electron chi connectivity index (χ0n) is 13.9. The molecule has 4 nitrogen and oxygen atoms in total. The number of furan rings is 1. The summed E-state index contributed by atoms with van der Waals surface area (Å²) in [6, 6.07) is 14.2. The lowest BCUT2D eigenvalue weighted by Crippen LogP contribution is -2.17. The number of thiazole rings is 1. The Morgan fingerprint density at radius 1 is 1.12 bits per heavy atom. The third-order valence-corrected chi connectivity index (χ3v) is 4.84. The first-order valence-corrected chi connectivity index (χ1v) is 9.09. The minimum absolute atomic E-state index is 0.222. The molecule has 0 N–H and O–H groups in total. The van der Waals surface area contributed by atoms with Crippen molar-refractivity contribution in [1.29, 1.82) is 0 Å². The highest BCUT2D eigenvalue weighted by Gasteiger charge is 2.10. The van der Waals surface area contributed by atoms with Crippen LogP contribution in [0.25, 0.3) is 11.5 Å². The minimum atomic E-state index is -0.222. The summed E-state index contributed by atoms with van der Waals surface area (Å²) in [5, 5.41) is 2.04. The van der Waals surface area contributed by atoms with Crippen LogP contribution in [-0.2, 0) is 13.0 Å². The number of benzene rings is 1. The number of hydrogen-bond donors (Lipinski definition) is 0. The lowest BCUT2D eigenvalue weighted by atomic mass is 10.1. The van der Waals surface area contributed by atoms with Gasteiger partial charge in [0.2, 0.25) is 0 Å². The molecule has 0 unspecified atom stereocenters. The molecule has 0 fully saturated rings. The molecule has 0 saturated heterocycles. The van der Waals surface area contributed by atoms with E-state index in [9.17, 15) is 4.39 Å². The Morgan fingerprint density at radius 2 is 2.00 bits per heavy atom. The van der Waals surface area contributed by atoms with E-state index in [1.807, 2.05) is 41.8 Å². The van der Waals surface area contributed by atoms with E-state index in [1.165, 1.54) is 12.1 Å². The maximum atomic E-state index is 13.1. The summed E-state index contributed by atoms with van der Waals surface area (Å²) in [4.78, 5) is 9.70. The third kappa shape index (κ3) is 3.65. The van der Waals surface area contributed by atoms with Crippen molar-refractivity contribution in [3.05, 3.63) is 88.7 Å². The monoisotopic (exact) mass is 365 g/mol. The molecule has 0 aliphatic rings. The van der Waals surface area contributed by atoms with Gasteiger partial charge in [-0.05, 0) is 48.4 Å². The smallest absolute Gasteiger partial charge is 0.190 e. The molecule has 4 rings (SSSR count). The van der Waals surface area contributed by atoms with E-state index in [4.69, 9.17) is 9.41 Å². The minimum Gasteiger partial charge on any atom is -0.463 e. The molecule has 0 atom stereocenters. The molecular weight excluding hydrogens is 349 g/mol. The molecule has 130 valence electrons. The number of hydrogen-bond acceptors (Lipinski definition) is 4. The Morgan fingerprint density at radius 3 is 2.73 bits per heavy atom. The summed E-state index contributed by atoms with van der Waals surface area (Å²) in [7, 11) is 0. The largest absolute Gasteiger partial charge is 0.463 e. The van der Waals surface area contributed by atoms with Gasteiger partial charge in [0.1, 0.15) is 5.82 Å². The molecular formula is C20H16FN3OS. The van der Waals surface area contributed by atoms with E-state index in [0.29, 0.717) is 6.54 Å². The standard InChI is InChI=1S/C20H16FN3OS/c21-16-7-5-15(6-8-16)9-11-24-18(19-4-2-12-25-19)14-26-20(24)23-17-3-1-10-22-13-17/h1-8,10,12-14H,9,11H2. The molecule has 6 heteroatoms. The first kappa shape index (κ1) is 16.5. The summed E-state index contributed by atoms with van der Waals surface area (Å²) in [5.74, 6) is 0.577. The van der Waals surface area contributed by atoms with Gasteiger partial charge in [0.25, 0.3) is 0 Å². The first-order chi connectivity index (χ1) is 12.8. The van der Waals surface area contributed by atoms with Crippen molar-refractivity contribution >= 4 is 17.0 Å². The fourth-order valence-corrected chi connectivity index (χ4v) is 3.61. The zero-order valence-corrected chi connectivity index (χ0v) is 14.7. The predicted octanol–water partition coefficient (Wildman–Crippen LogP) is 4.82. The van der Waals surface area contributed by atoms with Gasteiger partial charge in [0.05, 0.1) is 23.8 Å². The number of pyridine rings is 1. The van der Waals surface area contributed by atoms with E-state index in [0.717, 1.165) is 33.9 Å². The highest BCUT2D eigenvalue weighted by atomic mass is 32.1. The summed E-state index contributed by atoms with van der Waals surface area (Å²) in [5.41, 5.74) is 2.85. The lowest BCUT2D eigenvalue weighted by Gasteiger charge is -2.08. The normalized spacial score (nSPS) is 11.8. The van der Waals surface area contributed by atoms with Gasteiger partial charge in [-0.1, -0.05) is 12.1 Å². The Bertz CT molecular complexity index is 1030. The van der Waals surface area contributed by atoms with Gasteiger partial charge >= 0.3 is 0 Å². The molecule has 26 heavy (non-hydrogen) atoms. The van der Waals surface area contributed by atoms with Crippen molar-refractivity contribution in [1.82, 2.24) is 9.55 Å². The van der Waals surface area contributed by atoms with E-state index in [-0.39, 0.29) is 5.82 Å². The molecule has 0 bridgehead atoms. The quantitative estimate of drug-likeness (QED) is 0.509. The maximum absolute atomic E-state index is 13.1. The number of aryl methyl sites for hydroxylation is 1. The van der Waals surface area contributed by atoms with Crippen molar-refractivity contribution < 1.29 is 8.81 Å². The molecule has 1 aromatic carbocycles. The number of nitrogens with zero attached hydrogens (tertiary/aromatic N) is 3. The van der Waals surface area contributed by atoms with Crippen molar-refractivity contribution in [2.45, 2.75) is 13.0 Å². The van der Waals surface area contributed by atoms with Crippen LogP contribution < -0.4 is 4.80 Å². The topological polar surface area (TPSA) is 43.3 Å². The van der Waals surface area contributed by atoms with Crippen molar-refractivity contribution in [3.63, 3.8) is 0 Å². The fourth-order valence-electron chi connectivity index (χ4n) is 2.68. The van der Waals surface area contributed by atoms with Crippen molar-refractivity contribution in [2.24, 2.45) is 4.99 Å². The van der Waals surface area contributed by atoms with Crippen LogP contribution in [0.5, 0.6) is 0 Å². The van der Waals surface area contributed by atoms with Crippen LogP contribution in [0.3, 0.4) is 0 Å². The maximum Gasteiger partial charge on any atom is 0.190 e. The van der Waals surface area contributed by atoms with Crippen LogP contribution in [0.2, 0.25) is 0 Å². The predicted molar refractivity (Wildman–Crippen MR) is 99.6 cm³/mol.